The lowest BCUT2D eigenvalue weighted by molar-refractivity contribution is -0.938. The number of fused-ring (bicyclic) bond motifs is 10. The molecule has 1 unspecified atom stereocenters. The average Bonchev–Trinajstić information content (AvgIpc) is 3.51. The number of likely N-dealkylation sites (N-methyl/N-ethyl adjacent to an activating group) is 1. The molecule has 3 saturated heterocycles. The highest BCUT2D eigenvalue weighted by molar-refractivity contribution is 7.12. The van der Waals surface area contributed by atoms with Gasteiger partial charge in [-0.2, -0.15) is 0 Å². The van der Waals surface area contributed by atoms with Crippen LogP contribution in [0.25, 0.3) is 0 Å². The molecule has 2 aromatic heterocycles. The van der Waals surface area contributed by atoms with Crippen molar-refractivity contribution in [2.45, 2.75) is 118 Å². The number of halogens is 3. The molecule has 0 aromatic carbocycles. The number of aliphatic hydroxyl groups excluding tert-OH is 1. The number of hydrogen-bond donors (Lipinski definition) is 2. The molecular weight excluding hydrogens is 905 g/mol. The number of epoxide rings is 1. The van der Waals surface area contributed by atoms with E-state index >= 15 is 0 Å². The first-order chi connectivity index (χ1) is 27.4. The Hall–Kier alpha value is -2.14. The van der Waals surface area contributed by atoms with Gasteiger partial charge in [0.25, 0.3) is 0 Å². The number of ether oxygens (including phenoxy) is 4. The topological polar surface area (TPSA) is 149 Å². The summed E-state index contributed by atoms with van der Waals surface area (Å²) in [5, 5.41) is 26.6. The highest BCUT2D eigenvalue weighted by atomic mass is 79.9. The summed E-state index contributed by atoms with van der Waals surface area (Å²) in [6.45, 7) is 5.85. The van der Waals surface area contributed by atoms with Crippen molar-refractivity contribution in [2.24, 2.45) is 28.6 Å². The van der Waals surface area contributed by atoms with Crippen molar-refractivity contribution in [2.75, 3.05) is 20.7 Å². The van der Waals surface area contributed by atoms with Gasteiger partial charge in [0.15, 0.2) is 5.78 Å². The maximum absolute atomic E-state index is 13.3. The Balaban J connectivity index is 0.000000179. The van der Waals surface area contributed by atoms with E-state index in [1.807, 2.05) is 35.9 Å². The van der Waals surface area contributed by atoms with Crippen LogP contribution < -0.4 is 17.0 Å². The van der Waals surface area contributed by atoms with E-state index in [4.69, 9.17) is 42.1 Å². The predicted octanol–water partition coefficient (Wildman–Crippen LogP) is 3.26. The van der Waals surface area contributed by atoms with Crippen LogP contribution in [0.5, 0.6) is 0 Å². The zero-order chi connectivity index (χ0) is 41.6. The third kappa shape index (κ3) is 7.12. The van der Waals surface area contributed by atoms with Gasteiger partial charge < -0.3 is 50.6 Å². The van der Waals surface area contributed by atoms with Crippen molar-refractivity contribution in [3.8, 4) is 0 Å². The molecule has 6 fully saturated rings. The number of quaternary nitrogens is 1. The molecule has 322 valence electrons. The van der Waals surface area contributed by atoms with E-state index in [-0.39, 0.29) is 59.7 Å². The van der Waals surface area contributed by atoms with E-state index in [2.05, 4.69) is 21.0 Å². The van der Waals surface area contributed by atoms with Crippen molar-refractivity contribution >= 4 is 69.6 Å². The number of morpholine rings is 1. The standard InChI is InChI=1S/C24H30Cl2O6.C19H22NO4S2.BrH/c1-4-31-21(30)24(32-20(29)19(25)26)10-8-16-15-6-5-13-11-14(27)7-9-22(13,2)18(15)17(28)12-23(16,24)3;1-20(2)12-9-11(10-13(20)17-16(12)24-17)23-18(21)19(22,14-5-3-7-25-14)15-6-4-8-26-15;/h7,9,11,15-19,28H,4-6,8,10,12H2,1-3H3;3-8,11-13,16-17,22H,9-10H2,1-2H3;1H/q;+1;/p-1/t15-,16-,17-,18+,22-,23-,24-;11?,12-,13+,16-,17+;/m0../s1. The Morgan fingerprint density at radius 2 is 1.68 bits per heavy atom. The largest absolute Gasteiger partial charge is 1.00 e. The molecule has 11 nitrogen and oxygen atoms in total. The molecule has 2 aromatic rings. The van der Waals surface area contributed by atoms with Gasteiger partial charge >= 0.3 is 17.9 Å². The minimum absolute atomic E-state index is 0. The fourth-order valence-electron chi connectivity index (χ4n) is 12.2. The van der Waals surface area contributed by atoms with Crippen molar-refractivity contribution < 1.29 is 69.8 Å². The van der Waals surface area contributed by atoms with E-state index in [0.717, 1.165) is 35.7 Å². The predicted molar refractivity (Wildman–Crippen MR) is 218 cm³/mol. The maximum Gasteiger partial charge on any atom is 0.351 e. The summed E-state index contributed by atoms with van der Waals surface area (Å²) >= 11 is 14.3. The number of nitrogens with zero attached hydrogens (tertiary/aromatic N) is 1. The van der Waals surface area contributed by atoms with Crippen LogP contribution in [0.1, 0.15) is 75.5 Å². The van der Waals surface area contributed by atoms with Crippen LogP contribution in [0.4, 0.5) is 0 Å². The normalized spacial score (nSPS) is 38.2. The molecule has 0 spiro atoms. The fourth-order valence-corrected chi connectivity index (χ4v) is 14.0. The van der Waals surface area contributed by atoms with E-state index in [9.17, 15) is 29.4 Å². The molecule has 16 heteroatoms. The van der Waals surface area contributed by atoms with Crippen molar-refractivity contribution in [3.63, 3.8) is 0 Å². The molecule has 7 aliphatic rings. The monoisotopic (exact) mass is 955 g/mol. The maximum atomic E-state index is 13.3. The molecule has 12 atom stereocenters. The van der Waals surface area contributed by atoms with Gasteiger partial charge in [-0.15, -0.1) is 22.7 Å². The second-order valence-electron chi connectivity index (χ2n) is 18.0. The van der Waals surface area contributed by atoms with E-state index < -0.39 is 50.9 Å². The quantitative estimate of drug-likeness (QED) is 0.133. The van der Waals surface area contributed by atoms with Crippen molar-refractivity contribution in [1.82, 2.24) is 0 Å². The molecule has 2 N–H and O–H groups in total. The summed E-state index contributed by atoms with van der Waals surface area (Å²) < 4.78 is 23.8. The molecule has 3 aliphatic heterocycles. The summed E-state index contributed by atoms with van der Waals surface area (Å²) in [7, 11) is 4.49. The van der Waals surface area contributed by atoms with Gasteiger partial charge in [0.05, 0.1) is 36.6 Å². The second kappa shape index (κ2) is 16.2. The number of ketones is 1. The molecular formula is C43H52BrCl2NO10S2. The molecule has 0 amide bonds. The minimum atomic E-state index is -1.72. The first-order valence-corrected chi connectivity index (χ1v) is 22.9. The molecule has 59 heavy (non-hydrogen) atoms. The SMILES string of the molecule is CCOC(=O)[C@@]1(OC(=O)C(Cl)Cl)CC[C@H]2[C@@H]3CCC4=CC(=O)C=C[C@]4(C)[C@H]3[C@@H](O)C[C@@]21C.C[N+]1(C)[C@@H]2CC(OC(=O)C(O)(c3cccs3)c3cccs3)C[C@H]1[C@@H]1O[C@@H]12.[Br-]. The molecule has 3 saturated carbocycles. The van der Waals surface area contributed by atoms with Crippen LogP contribution in [-0.2, 0) is 43.7 Å². The number of esters is 3. The van der Waals surface area contributed by atoms with E-state index in [1.165, 1.54) is 22.7 Å². The smallest absolute Gasteiger partial charge is 0.351 e. The lowest BCUT2D eigenvalue weighted by Crippen LogP contribution is -3.00. The number of thiophene rings is 2. The zero-order valence-corrected chi connectivity index (χ0v) is 38.4. The van der Waals surface area contributed by atoms with Crippen LogP contribution >= 0.6 is 45.9 Å². The Bertz CT molecular complexity index is 1950. The van der Waals surface area contributed by atoms with E-state index in [0.29, 0.717) is 46.9 Å². The zero-order valence-electron chi connectivity index (χ0n) is 33.7. The van der Waals surface area contributed by atoms with Gasteiger partial charge in [0.2, 0.25) is 16.0 Å². The van der Waals surface area contributed by atoms with Crippen LogP contribution in [0, 0.1) is 28.6 Å². The number of rotatable bonds is 8. The Morgan fingerprint density at radius 1 is 1.05 bits per heavy atom. The lowest BCUT2D eigenvalue weighted by atomic mass is 9.46. The molecule has 0 radical (unpaired) electrons. The fraction of sp³-hybridized carbons (Fsp3) is 0.628. The molecule has 2 bridgehead atoms. The van der Waals surface area contributed by atoms with Gasteiger partial charge in [0, 0.05) is 29.6 Å². The van der Waals surface area contributed by atoms with Gasteiger partial charge in [-0.05, 0) is 85.9 Å². The highest BCUT2D eigenvalue weighted by Gasteiger charge is 2.72. The van der Waals surface area contributed by atoms with Crippen LogP contribution in [0.2, 0.25) is 0 Å². The minimum Gasteiger partial charge on any atom is -1.00 e. The Kier molecular flexibility index (Phi) is 12.3. The number of alkyl halides is 2. The first-order valence-electron chi connectivity index (χ1n) is 20.2. The van der Waals surface area contributed by atoms with Gasteiger partial charge in [0.1, 0.15) is 30.4 Å². The Morgan fingerprint density at radius 3 is 2.24 bits per heavy atom. The number of carbonyl (C=O) groups is 4. The third-order valence-electron chi connectivity index (χ3n) is 15.0. The van der Waals surface area contributed by atoms with Gasteiger partial charge in [-0.1, -0.05) is 60.8 Å². The molecule has 4 aliphatic carbocycles. The second-order valence-corrected chi connectivity index (χ2v) is 21.0. The highest BCUT2D eigenvalue weighted by Crippen LogP contribution is 2.68. The van der Waals surface area contributed by atoms with Crippen molar-refractivity contribution in [1.29, 1.82) is 0 Å². The third-order valence-corrected chi connectivity index (χ3v) is 17.4. The van der Waals surface area contributed by atoms with Crippen LogP contribution in [0.3, 0.4) is 0 Å². The summed E-state index contributed by atoms with van der Waals surface area (Å²) in [5.74, 6) is -2.03. The average molecular weight is 958 g/mol. The summed E-state index contributed by atoms with van der Waals surface area (Å²) in [6, 6.07) is 8.01. The first kappa shape index (κ1) is 44.9. The number of allylic oxidation sites excluding steroid dienone is 4. The lowest BCUT2D eigenvalue weighted by Gasteiger charge is -2.59. The molecule has 5 heterocycles. The Labute approximate surface area is 373 Å². The van der Waals surface area contributed by atoms with Crippen molar-refractivity contribution in [3.05, 3.63) is 68.6 Å². The van der Waals surface area contributed by atoms with Gasteiger partial charge in [-0.25, -0.2) is 14.4 Å². The number of hydrogen-bond acceptors (Lipinski definition) is 12. The number of piperidine rings is 1. The molecule has 9 rings (SSSR count). The van der Waals surface area contributed by atoms with Gasteiger partial charge in [-0.3, -0.25) is 4.79 Å². The summed E-state index contributed by atoms with van der Waals surface area (Å²) in [6.07, 6.45) is 9.30. The summed E-state index contributed by atoms with van der Waals surface area (Å²) in [5.41, 5.74) is -3.45. The van der Waals surface area contributed by atoms with E-state index in [1.54, 1.807) is 31.2 Å². The van der Waals surface area contributed by atoms with Crippen LogP contribution in [0.15, 0.2) is 58.8 Å². The number of aliphatic hydroxyl groups is 2. The number of carbonyl (C=O) groups excluding carboxylic acids is 4. The summed E-state index contributed by atoms with van der Waals surface area (Å²) in [4.78, 5) is 50.6. The van der Waals surface area contributed by atoms with Crippen LogP contribution in [-0.4, -0.2) is 106 Å².